The maximum Gasteiger partial charge on any atom is 0.254 e. The normalized spacial score (nSPS) is 15.9. The molecule has 1 aliphatic heterocycles. The molecule has 0 aliphatic carbocycles. The summed E-state index contributed by atoms with van der Waals surface area (Å²) >= 11 is 0. The van der Waals surface area contributed by atoms with Gasteiger partial charge in [0.15, 0.2) is 0 Å². The number of rotatable bonds is 6. The quantitative estimate of drug-likeness (QED) is 0.707. The highest BCUT2D eigenvalue weighted by Crippen LogP contribution is 2.32. The zero-order valence-electron chi connectivity index (χ0n) is 17.0. The van der Waals surface area contributed by atoms with E-state index in [0.717, 1.165) is 5.69 Å². The Kier molecular flexibility index (Phi) is 6.18. The van der Waals surface area contributed by atoms with Crippen molar-refractivity contribution in [3.05, 3.63) is 46.4 Å². The third-order valence-corrected chi connectivity index (χ3v) is 7.09. The van der Waals surface area contributed by atoms with Gasteiger partial charge < -0.3 is 18.8 Å². The van der Waals surface area contributed by atoms with Crippen molar-refractivity contribution >= 4 is 10.0 Å². The van der Waals surface area contributed by atoms with Crippen molar-refractivity contribution in [2.45, 2.75) is 30.8 Å². The fraction of sp³-hybridized carbons (Fsp3) is 0.450. The van der Waals surface area contributed by atoms with E-state index in [0.29, 0.717) is 37.4 Å². The second-order valence-corrected chi connectivity index (χ2v) is 8.87. The number of methoxy groups -OCH3 is 2. The highest BCUT2D eigenvalue weighted by molar-refractivity contribution is 7.89. The molecule has 1 saturated heterocycles. The molecule has 0 N–H and O–H groups in total. The number of nitrogens with zero attached hydrogens (tertiary/aromatic N) is 2. The second-order valence-electron chi connectivity index (χ2n) is 6.97. The van der Waals surface area contributed by atoms with Crippen LogP contribution in [0.4, 0.5) is 0 Å². The van der Waals surface area contributed by atoms with Crippen LogP contribution in [-0.4, -0.2) is 50.7 Å². The van der Waals surface area contributed by atoms with Crippen molar-refractivity contribution in [3.63, 3.8) is 0 Å². The molecule has 0 unspecified atom stereocenters. The summed E-state index contributed by atoms with van der Waals surface area (Å²) in [5.41, 5.74) is 0.669. The lowest BCUT2D eigenvalue weighted by atomic mass is 10.1. The maximum atomic E-state index is 13.1. The summed E-state index contributed by atoms with van der Waals surface area (Å²) in [7, 11) is 0.896. The van der Waals surface area contributed by atoms with Gasteiger partial charge in [0.25, 0.3) is 5.56 Å². The highest BCUT2D eigenvalue weighted by Gasteiger charge is 2.32. The predicted molar refractivity (Wildman–Crippen MR) is 108 cm³/mol. The second kappa shape index (κ2) is 8.46. The standard InChI is InChI=1S/C20H26N2O6S/c1-14-11-17(13-20(23)21(14)2)28-15-7-9-22(10-8-15)29(24,25)19-12-16(26-3)5-6-18(19)27-4/h5-6,11-13,15H,7-10H2,1-4H3. The topological polar surface area (TPSA) is 87.1 Å². The Balaban J connectivity index is 1.73. The smallest absolute Gasteiger partial charge is 0.254 e. The van der Waals surface area contributed by atoms with Gasteiger partial charge in [0, 0.05) is 38.0 Å². The van der Waals surface area contributed by atoms with Crippen molar-refractivity contribution in [3.8, 4) is 17.2 Å². The molecule has 2 heterocycles. The van der Waals surface area contributed by atoms with E-state index in [1.54, 1.807) is 23.7 Å². The number of piperidine rings is 1. The van der Waals surface area contributed by atoms with E-state index in [-0.39, 0.29) is 22.3 Å². The predicted octanol–water partition coefficient (Wildman–Crippen LogP) is 1.94. The minimum Gasteiger partial charge on any atom is -0.497 e. The Bertz CT molecular complexity index is 1040. The molecule has 2 aromatic rings. The highest BCUT2D eigenvalue weighted by atomic mass is 32.2. The molecular formula is C20H26N2O6S. The number of sulfonamides is 1. The third-order valence-electron chi connectivity index (χ3n) is 5.17. The third kappa shape index (κ3) is 4.40. The number of aromatic nitrogens is 1. The van der Waals surface area contributed by atoms with Crippen molar-refractivity contribution in [1.82, 2.24) is 8.87 Å². The van der Waals surface area contributed by atoms with Crippen LogP contribution < -0.4 is 19.8 Å². The van der Waals surface area contributed by atoms with E-state index in [4.69, 9.17) is 14.2 Å². The van der Waals surface area contributed by atoms with Gasteiger partial charge >= 0.3 is 0 Å². The molecular weight excluding hydrogens is 396 g/mol. The number of pyridine rings is 1. The average molecular weight is 423 g/mol. The van der Waals surface area contributed by atoms with Crippen molar-refractivity contribution < 1.29 is 22.6 Å². The van der Waals surface area contributed by atoms with Gasteiger partial charge in [-0.3, -0.25) is 4.79 Å². The van der Waals surface area contributed by atoms with Crippen LogP contribution >= 0.6 is 0 Å². The Morgan fingerprint density at radius 1 is 1.00 bits per heavy atom. The van der Waals surface area contributed by atoms with Gasteiger partial charge in [-0.25, -0.2) is 8.42 Å². The molecule has 0 radical (unpaired) electrons. The summed E-state index contributed by atoms with van der Waals surface area (Å²) in [6.07, 6.45) is 0.902. The van der Waals surface area contributed by atoms with Crippen LogP contribution in [0.3, 0.4) is 0 Å². The Hall–Kier alpha value is -2.52. The van der Waals surface area contributed by atoms with Gasteiger partial charge in [-0.1, -0.05) is 0 Å². The monoisotopic (exact) mass is 422 g/mol. The molecule has 0 amide bonds. The molecule has 3 rings (SSSR count). The summed E-state index contributed by atoms with van der Waals surface area (Å²) < 4.78 is 45.6. The molecule has 1 fully saturated rings. The zero-order valence-corrected chi connectivity index (χ0v) is 17.9. The van der Waals surface area contributed by atoms with Gasteiger partial charge in [0.1, 0.15) is 28.2 Å². The molecule has 9 heteroatoms. The summed E-state index contributed by atoms with van der Waals surface area (Å²) in [6.45, 7) is 2.47. The largest absolute Gasteiger partial charge is 0.497 e. The fourth-order valence-electron chi connectivity index (χ4n) is 3.31. The summed E-state index contributed by atoms with van der Waals surface area (Å²) in [5.74, 6) is 1.24. The molecule has 1 aromatic heterocycles. The first-order valence-electron chi connectivity index (χ1n) is 9.32. The van der Waals surface area contributed by atoms with E-state index >= 15 is 0 Å². The molecule has 0 spiro atoms. The first-order chi connectivity index (χ1) is 13.8. The molecule has 0 saturated carbocycles. The van der Waals surface area contributed by atoms with Crippen molar-refractivity contribution in [2.24, 2.45) is 7.05 Å². The minimum atomic E-state index is -3.73. The summed E-state index contributed by atoms with van der Waals surface area (Å²) in [6, 6.07) is 7.98. The Morgan fingerprint density at radius 3 is 2.28 bits per heavy atom. The average Bonchev–Trinajstić information content (AvgIpc) is 2.71. The van der Waals surface area contributed by atoms with Crippen LogP contribution in [0.2, 0.25) is 0 Å². The number of ether oxygens (including phenoxy) is 3. The van der Waals surface area contributed by atoms with Gasteiger partial charge in [-0.2, -0.15) is 4.31 Å². The van der Waals surface area contributed by atoms with Gasteiger partial charge in [-0.15, -0.1) is 0 Å². The molecule has 1 aliphatic rings. The molecule has 29 heavy (non-hydrogen) atoms. The van der Waals surface area contributed by atoms with E-state index in [1.165, 1.54) is 30.7 Å². The van der Waals surface area contributed by atoms with Crippen molar-refractivity contribution in [2.75, 3.05) is 27.3 Å². The SMILES string of the molecule is COc1ccc(OC)c(S(=O)(=O)N2CCC(Oc3cc(C)n(C)c(=O)c3)CC2)c1. The van der Waals surface area contributed by atoms with Crippen LogP contribution in [0, 0.1) is 6.92 Å². The van der Waals surface area contributed by atoms with E-state index < -0.39 is 10.0 Å². The molecule has 0 atom stereocenters. The van der Waals surface area contributed by atoms with E-state index in [9.17, 15) is 13.2 Å². The fourth-order valence-corrected chi connectivity index (χ4v) is 4.95. The maximum absolute atomic E-state index is 13.1. The lowest BCUT2D eigenvalue weighted by Crippen LogP contribution is -2.41. The Morgan fingerprint density at radius 2 is 1.69 bits per heavy atom. The molecule has 8 nitrogen and oxygen atoms in total. The van der Waals surface area contributed by atoms with Crippen LogP contribution in [0.15, 0.2) is 40.0 Å². The van der Waals surface area contributed by atoms with Crippen LogP contribution in [0.1, 0.15) is 18.5 Å². The minimum absolute atomic E-state index is 0.0842. The summed E-state index contributed by atoms with van der Waals surface area (Å²) in [5, 5.41) is 0. The van der Waals surface area contributed by atoms with Crippen LogP contribution in [0.25, 0.3) is 0 Å². The van der Waals surface area contributed by atoms with Crippen LogP contribution in [-0.2, 0) is 17.1 Å². The first-order valence-corrected chi connectivity index (χ1v) is 10.8. The molecule has 0 bridgehead atoms. The lowest BCUT2D eigenvalue weighted by molar-refractivity contribution is 0.134. The lowest BCUT2D eigenvalue weighted by Gasteiger charge is -2.31. The number of hydrogen-bond acceptors (Lipinski definition) is 6. The van der Waals surface area contributed by atoms with E-state index in [1.807, 2.05) is 13.0 Å². The summed E-state index contributed by atoms with van der Waals surface area (Å²) in [4.78, 5) is 12.0. The molecule has 158 valence electrons. The Labute approximate surface area is 170 Å². The van der Waals surface area contributed by atoms with Gasteiger partial charge in [0.2, 0.25) is 10.0 Å². The zero-order chi connectivity index (χ0) is 21.2. The van der Waals surface area contributed by atoms with E-state index in [2.05, 4.69) is 0 Å². The number of benzene rings is 1. The van der Waals surface area contributed by atoms with Crippen LogP contribution in [0.5, 0.6) is 17.2 Å². The number of hydrogen-bond donors (Lipinski definition) is 0. The first kappa shape index (κ1) is 21.2. The molecule has 1 aromatic carbocycles. The van der Waals surface area contributed by atoms with Gasteiger partial charge in [-0.05, 0) is 38.0 Å². The number of aryl methyl sites for hydroxylation is 1. The van der Waals surface area contributed by atoms with Crippen molar-refractivity contribution in [1.29, 1.82) is 0 Å². The van der Waals surface area contributed by atoms with Gasteiger partial charge in [0.05, 0.1) is 14.2 Å².